The fourth-order valence-corrected chi connectivity index (χ4v) is 0.483. The van der Waals surface area contributed by atoms with Crippen LogP contribution in [0.3, 0.4) is 0 Å². The van der Waals surface area contributed by atoms with E-state index in [0.29, 0.717) is 0 Å². The normalized spacial score (nSPS) is 8.71. The monoisotopic (exact) mass is 112 g/mol. The van der Waals surface area contributed by atoms with Crippen molar-refractivity contribution in [2.75, 3.05) is 0 Å². The first-order valence-corrected chi connectivity index (χ1v) is 2.49. The van der Waals surface area contributed by atoms with Gasteiger partial charge in [0.1, 0.15) is 0 Å². The molecule has 0 saturated carbocycles. The first kappa shape index (κ1) is 4.66. The maximum atomic E-state index is 3.88. The van der Waals surface area contributed by atoms with Crippen molar-refractivity contribution in [2.24, 2.45) is 0 Å². The van der Waals surface area contributed by atoms with E-state index in [4.69, 9.17) is 0 Å². The summed E-state index contributed by atoms with van der Waals surface area (Å²) in [5.74, 6) is 0. The van der Waals surface area contributed by atoms with E-state index in [-0.39, 0.29) is 0 Å². The van der Waals surface area contributed by atoms with Gasteiger partial charge in [0, 0.05) is 12.4 Å². The quantitative estimate of drug-likeness (QED) is 0.441. The van der Waals surface area contributed by atoms with Crippen LogP contribution in [0.1, 0.15) is 0 Å². The molecule has 0 aliphatic heterocycles. The van der Waals surface area contributed by atoms with Gasteiger partial charge in [0.05, 0.1) is 11.6 Å². The van der Waals surface area contributed by atoms with Gasteiger partial charge in [-0.1, -0.05) is 9.24 Å². The van der Waals surface area contributed by atoms with Crippen molar-refractivity contribution in [3.05, 3.63) is 18.6 Å². The van der Waals surface area contributed by atoms with Crippen LogP contribution in [0.2, 0.25) is 0 Å². The second-order valence-corrected chi connectivity index (χ2v) is 1.72. The Labute approximate surface area is 44.2 Å². The molecule has 0 fully saturated rings. The van der Waals surface area contributed by atoms with Crippen molar-refractivity contribution in [1.82, 2.24) is 9.97 Å². The minimum atomic E-state index is 0.877. The van der Waals surface area contributed by atoms with Crippen molar-refractivity contribution in [3.63, 3.8) is 0 Å². The molecule has 0 aromatic carbocycles. The predicted octanol–water partition coefficient (Wildman–Crippen LogP) is -0.0230. The molecule has 1 aromatic rings. The van der Waals surface area contributed by atoms with Crippen LogP contribution < -0.4 is 5.44 Å². The molecule has 2 nitrogen and oxygen atoms in total. The molecule has 0 saturated heterocycles. The van der Waals surface area contributed by atoms with Gasteiger partial charge < -0.3 is 0 Å². The summed E-state index contributed by atoms with van der Waals surface area (Å²) < 4.78 is 0. The van der Waals surface area contributed by atoms with E-state index in [2.05, 4.69) is 19.2 Å². The third-order valence-corrected chi connectivity index (χ3v) is 0.881. The first-order valence-electron chi connectivity index (χ1n) is 1.91. The number of aromatic nitrogens is 2. The zero-order valence-corrected chi connectivity index (χ0v) is 4.86. The minimum Gasteiger partial charge on any atom is -0.261 e. The van der Waals surface area contributed by atoms with Gasteiger partial charge in [0.25, 0.3) is 0 Å². The lowest BCUT2D eigenvalue weighted by molar-refractivity contribution is 1.25. The highest BCUT2D eigenvalue weighted by Crippen LogP contribution is 1.76. The molecule has 1 aromatic heterocycles. The molecule has 36 valence electrons. The molecule has 0 amide bonds. The molecule has 0 N–H and O–H groups in total. The lowest BCUT2D eigenvalue weighted by Gasteiger charge is -1.81. The highest BCUT2D eigenvalue weighted by molar-refractivity contribution is 7.26. The number of hydrogen-bond acceptors (Lipinski definition) is 2. The minimum absolute atomic E-state index is 0.877. The summed E-state index contributed by atoms with van der Waals surface area (Å²) in [6, 6.07) is 0. The summed E-state index contributed by atoms with van der Waals surface area (Å²) >= 11 is 0. The largest absolute Gasteiger partial charge is 0.261 e. The lowest BCUT2D eigenvalue weighted by Crippen LogP contribution is -1.94. The smallest absolute Gasteiger partial charge is 0.0751 e. The van der Waals surface area contributed by atoms with Crippen LogP contribution in [-0.2, 0) is 0 Å². The van der Waals surface area contributed by atoms with E-state index in [1.54, 1.807) is 18.6 Å². The van der Waals surface area contributed by atoms with Crippen LogP contribution in [-0.4, -0.2) is 9.97 Å². The van der Waals surface area contributed by atoms with Gasteiger partial charge in [0.2, 0.25) is 0 Å². The van der Waals surface area contributed by atoms with Crippen molar-refractivity contribution >= 4 is 14.7 Å². The second kappa shape index (κ2) is 1.99. The maximum Gasteiger partial charge on any atom is 0.0751 e. The molecule has 0 aliphatic carbocycles. The van der Waals surface area contributed by atoms with Gasteiger partial charge in [-0.05, 0) is 0 Å². The van der Waals surface area contributed by atoms with Gasteiger partial charge in [-0.25, -0.2) is 0 Å². The van der Waals surface area contributed by atoms with Crippen molar-refractivity contribution in [3.8, 4) is 0 Å². The van der Waals surface area contributed by atoms with Crippen molar-refractivity contribution in [2.45, 2.75) is 0 Å². The van der Waals surface area contributed by atoms with Gasteiger partial charge in [-0.15, -0.1) is 0 Å². The molecule has 3 heteroatoms. The third kappa shape index (κ3) is 1.20. The summed E-state index contributed by atoms with van der Waals surface area (Å²) in [5.41, 5.74) is 0.877. The molecule has 1 unspecified atom stereocenters. The Kier molecular flexibility index (Phi) is 1.32. The Morgan fingerprint density at radius 2 is 2.29 bits per heavy atom. The van der Waals surface area contributed by atoms with E-state index < -0.39 is 0 Å². The maximum absolute atomic E-state index is 3.88. The summed E-state index contributed by atoms with van der Waals surface area (Å²) in [5, 5.41) is 0. The zero-order chi connectivity index (χ0) is 5.11. The van der Waals surface area contributed by atoms with Gasteiger partial charge in [-0.3, -0.25) is 9.97 Å². The third-order valence-electron chi connectivity index (χ3n) is 0.583. The molecule has 1 atom stereocenters. The fourth-order valence-electron chi connectivity index (χ4n) is 0.311. The van der Waals surface area contributed by atoms with Gasteiger partial charge in [0.15, 0.2) is 0 Å². The van der Waals surface area contributed by atoms with Crippen LogP contribution >= 0.6 is 9.24 Å². The SMILES string of the molecule is Pc1cnccn1. The molecule has 0 bridgehead atoms. The van der Waals surface area contributed by atoms with E-state index in [0.717, 1.165) is 5.44 Å². The summed E-state index contributed by atoms with van der Waals surface area (Å²) in [6.45, 7) is 0. The molecule has 1 rings (SSSR count). The van der Waals surface area contributed by atoms with E-state index >= 15 is 0 Å². The van der Waals surface area contributed by atoms with E-state index in [9.17, 15) is 0 Å². The Bertz CT molecular complexity index is 140. The molecular formula is C4H5N2P. The lowest BCUT2D eigenvalue weighted by atomic mass is 10.8. The second-order valence-electron chi connectivity index (χ2n) is 1.13. The summed E-state index contributed by atoms with van der Waals surface area (Å²) in [7, 11) is 2.46. The average molecular weight is 112 g/mol. The number of hydrogen-bond donors (Lipinski definition) is 0. The molecule has 0 aliphatic rings. The average Bonchev–Trinajstić information content (AvgIpc) is 1.69. The predicted molar refractivity (Wildman–Crippen MR) is 31.4 cm³/mol. The van der Waals surface area contributed by atoms with Crippen LogP contribution in [0.4, 0.5) is 0 Å². The number of nitrogens with zero attached hydrogens (tertiary/aromatic N) is 2. The topological polar surface area (TPSA) is 25.8 Å². The van der Waals surface area contributed by atoms with Crippen LogP contribution in [0.5, 0.6) is 0 Å². The van der Waals surface area contributed by atoms with Crippen molar-refractivity contribution < 1.29 is 0 Å². The van der Waals surface area contributed by atoms with Crippen molar-refractivity contribution in [1.29, 1.82) is 0 Å². The van der Waals surface area contributed by atoms with E-state index in [1.165, 1.54) is 0 Å². The molecule has 0 radical (unpaired) electrons. The highest BCUT2D eigenvalue weighted by Gasteiger charge is 1.74. The molecular weight excluding hydrogens is 107 g/mol. The molecule has 1 heterocycles. The van der Waals surface area contributed by atoms with Crippen LogP contribution in [0.25, 0.3) is 0 Å². The summed E-state index contributed by atoms with van der Waals surface area (Å²) in [6.07, 6.45) is 4.99. The number of rotatable bonds is 0. The zero-order valence-electron chi connectivity index (χ0n) is 3.70. The molecule has 0 spiro atoms. The van der Waals surface area contributed by atoms with E-state index in [1.807, 2.05) is 0 Å². The highest BCUT2D eigenvalue weighted by atomic mass is 31.0. The Hall–Kier alpha value is -0.490. The standard InChI is InChI=1S/C4H5N2P/c7-4-3-5-1-2-6-4/h1-3H,7H2. The van der Waals surface area contributed by atoms with Gasteiger partial charge >= 0.3 is 0 Å². The Morgan fingerprint density at radius 3 is 2.57 bits per heavy atom. The Morgan fingerprint density at radius 1 is 1.43 bits per heavy atom. The Balaban J connectivity index is 3.02. The van der Waals surface area contributed by atoms with Gasteiger partial charge in [-0.2, -0.15) is 0 Å². The summed E-state index contributed by atoms with van der Waals surface area (Å²) in [4.78, 5) is 7.68. The fraction of sp³-hybridized carbons (Fsp3) is 0. The molecule has 7 heavy (non-hydrogen) atoms. The first-order chi connectivity index (χ1) is 3.39. The van der Waals surface area contributed by atoms with Crippen LogP contribution in [0, 0.1) is 0 Å². The van der Waals surface area contributed by atoms with Crippen LogP contribution in [0.15, 0.2) is 18.6 Å².